The molecule has 17 heavy (non-hydrogen) atoms. The largest absolute Gasteiger partial charge is 0.382 e. The third kappa shape index (κ3) is 3.46. The molecule has 3 heteroatoms. The van der Waals surface area contributed by atoms with Gasteiger partial charge in [-0.2, -0.15) is 0 Å². The number of hydrogen-bond donors (Lipinski definition) is 1. The van der Waals surface area contributed by atoms with Crippen LogP contribution < -0.4 is 5.32 Å². The third-order valence-electron chi connectivity index (χ3n) is 3.23. The number of anilines is 1. The van der Waals surface area contributed by atoms with Crippen LogP contribution in [0.5, 0.6) is 0 Å². The molecule has 0 radical (unpaired) electrons. The molecule has 0 spiro atoms. The van der Waals surface area contributed by atoms with Gasteiger partial charge in [0.25, 0.3) is 0 Å². The highest BCUT2D eigenvalue weighted by Gasteiger charge is 2.28. The summed E-state index contributed by atoms with van der Waals surface area (Å²) >= 11 is 3.52. The summed E-state index contributed by atoms with van der Waals surface area (Å²) in [6.45, 7) is 7.28. The second kappa shape index (κ2) is 4.99. The highest BCUT2D eigenvalue weighted by atomic mass is 79.9. The molecule has 1 atom stereocenters. The molecule has 1 aromatic carbocycles. The average molecular weight is 298 g/mol. The SMILES string of the molecule is Cc1cc(NC2CCOC(C)(C)C2)ccc1Br. The van der Waals surface area contributed by atoms with E-state index in [0.717, 1.165) is 23.9 Å². The lowest BCUT2D eigenvalue weighted by molar-refractivity contribution is -0.0553. The molecule has 1 unspecified atom stereocenters. The monoisotopic (exact) mass is 297 g/mol. The summed E-state index contributed by atoms with van der Waals surface area (Å²) in [5.74, 6) is 0. The molecule has 1 heterocycles. The van der Waals surface area contributed by atoms with Gasteiger partial charge in [0.15, 0.2) is 0 Å². The van der Waals surface area contributed by atoms with Crippen molar-refractivity contribution in [2.24, 2.45) is 0 Å². The Balaban J connectivity index is 2.03. The molecule has 1 saturated heterocycles. The second-order valence-electron chi connectivity index (χ2n) is 5.41. The first-order chi connectivity index (χ1) is 7.96. The number of rotatable bonds is 2. The molecule has 1 aliphatic heterocycles. The molecule has 1 aromatic rings. The molecule has 2 nitrogen and oxygen atoms in total. The minimum absolute atomic E-state index is 0.000322. The standard InChI is InChI=1S/C14H20BrNO/c1-10-8-11(4-5-13(10)15)16-12-6-7-17-14(2,3)9-12/h4-5,8,12,16H,6-7,9H2,1-3H3. The Morgan fingerprint density at radius 1 is 1.41 bits per heavy atom. The number of nitrogens with one attached hydrogen (secondary N) is 1. The summed E-state index contributed by atoms with van der Waals surface area (Å²) in [4.78, 5) is 0. The van der Waals surface area contributed by atoms with Crippen LogP contribution in [-0.2, 0) is 4.74 Å². The number of hydrogen-bond acceptors (Lipinski definition) is 2. The first-order valence-electron chi connectivity index (χ1n) is 6.13. The van der Waals surface area contributed by atoms with Gasteiger partial charge in [-0.1, -0.05) is 15.9 Å². The van der Waals surface area contributed by atoms with Gasteiger partial charge in [-0.15, -0.1) is 0 Å². The summed E-state index contributed by atoms with van der Waals surface area (Å²) in [5.41, 5.74) is 2.47. The molecular formula is C14H20BrNO. The molecule has 94 valence electrons. The van der Waals surface area contributed by atoms with E-state index in [2.05, 4.69) is 60.2 Å². The van der Waals surface area contributed by atoms with Crippen LogP contribution in [0.15, 0.2) is 22.7 Å². The zero-order valence-corrected chi connectivity index (χ0v) is 12.3. The van der Waals surface area contributed by atoms with E-state index in [1.54, 1.807) is 0 Å². The van der Waals surface area contributed by atoms with Gasteiger partial charge < -0.3 is 10.1 Å². The summed E-state index contributed by atoms with van der Waals surface area (Å²) in [6, 6.07) is 6.92. The van der Waals surface area contributed by atoms with Crippen LogP contribution in [0.1, 0.15) is 32.3 Å². The van der Waals surface area contributed by atoms with Crippen molar-refractivity contribution >= 4 is 21.6 Å². The Morgan fingerprint density at radius 3 is 2.82 bits per heavy atom. The minimum atomic E-state index is 0.000322. The van der Waals surface area contributed by atoms with Crippen molar-refractivity contribution in [3.63, 3.8) is 0 Å². The van der Waals surface area contributed by atoms with Gasteiger partial charge in [0.1, 0.15) is 0 Å². The Kier molecular flexibility index (Phi) is 3.79. The van der Waals surface area contributed by atoms with Crippen LogP contribution in [0.3, 0.4) is 0 Å². The first-order valence-corrected chi connectivity index (χ1v) is 6.92. The van der Waals surface area contributed by atoms with E-state index in [0.29, 0.717) is 6.04 Å². The van der Waals surface area contributed by atoms with E-state index in [1.807, 2.05) is 0 Å². The van der Waals surface area contributed by atoms with E-state index < -0.39 is 0 Å². The van der Waals surface area contributed by atoms with E-state index in [4.69, 9.17) is 4.74 Å². The van der Waals surface area contributed by atoms with E-state index in [9.17, 15) is 0 Å². The van der Waals surface area contributed by atoms with Crippen molar-refractivity contribution < 1.29 is 4.74 Å². The van der Waals surface area contributed by atoms with Gasteiger partial charge in [0, 0.05) is 22.8 Å². The molecular weight excluding hydrogens is 278 g/mol. The fourth-order valence-corrected chi connectivity index (χ4v) is 2.57. The van der Waals surface area contributed by atoms with Crippen LogP contribution in [0.2, 0.25) is 0 Å². The zero-order valence-electron chi connectivity index (χ0n) is 10.7. The summed E-state index contributed by atoms with van der Waals surface area (Å²) < 4.78 is 6.89. The highest BCUT2D eigenvalue weighted by Crippen LogP contribution is 2.27. The third-order valence-corrected chi connectivity index (χ3v) is 4.12. The van der Waals surface area contributed by atoms with Crippen molar-refractivity contribution in [3.8, 4) is 0 Å². The number of benzene rings is 1. The maximum absolute atomic E-state index is 5.73. The Bertz CT molecular complexity index is 403. The van der Waals surface area contributed by atoms with E-state index in [-0.39, 0.29) is 5.60 Å². The molecule has 1 N–H and O–H groups in total. The van der Waals surface area contributed by atoms with Gasteiger partial charge in [-0.3, -0.25) is 0 Å². The first kappa shape index (κ1) is 12.9. The lowest BCUT2D eigenvalue weighted by Gasteiger charge is -2.36. The van der Waals surface area contributed by atoms with Crippen molar-refractivity contribution in [2.45, 2.75) is 45.3 Å². The normalized spacial score (nSPS) is 23.4. The van der Waals surface area contributed by atoms with Gasteiger partial charge in [-0.25, -0.2) is 0 Å². The van der Waals surface area contributed by atoms with Crippen molar-refractivity contribution in [1.82, 2.24) is 0 Å². The van der Waals surface area contributed by atoms with Crippen molar-refractivity contribution in [1.29, 1.82) is 0 Å². The molecule has 0 aliphatic carbocycles. The zero-order chi connectivity index (χ0) is 12.5. The topological polar surface area (TPSA) is 21.3 Å². The molecule has 1 fully saturated rings. The van der Waals surface area contributed by atoms with Gasteiger partial charge in [0.05, 0.1) is 5.60 Å². The van der Waals surface area contributed by atoms with Gasteiger partial charge in [0.2, 0.25) is 0 Å². The van der Waals surface area contributed by atoms with E-state index >= 15 is 0 Å². The minimum Gasteiger partial charge on any atom is -0.382 e. The van der Waals surface area contributed by atoms with Crippen LogP contribution in [0.4, 0.5) is 5.69 Å². The predicted molar refractivity (Wildman–Crippen MR) is 75.6 cm³/mol. The van der Waals surface area contributed by atoms with Crippen molar-refractivity contribution in [2.75, 3.05) is 11.9 Å². The van der Waals surface area contributed by atoms with Crippen LogP contribution in [0, 0.1) is 6.92 Å². The van der Waals surface area contributed by atoms with Gasteiger partial charge in [-0.05, 0) is 57.4 Å². The molecule has 2 rings (SSSR count). The number of ether oxygens (including phenoxy) is 1. The van der Waals surface area contributed by atoms with Crippen LogP contribution >= 0.6 is 15.9 Å². The molecule has 0 saturated carbocycles. The van der Waals surface area contributed by atoms with E-state index in [1.165, 1.54) is 11.3 Å². The van der Waals surface area contributed by atoms with Crippen molar-refractivity contribution in [3.05, 3.63) is 28.2 Å². The summed E-state index contributed by atoms with van der Waals surface area (Å²) in [5, 5.41) is 3.60. The Hall–Kier alpha value is -0.540. The fraction of sp³-hybridized carbons (Fsp3) is 0.571. The Labute approximate surface area is 112 Å². The molecule has 0 amide bonds. The second-order valence-corrected chi connectivity index (χ2v) is 6.26. The summed E-state index contributed by atoms with van der Waals surface area (Å²) in [7, 11) is 0. The number of halogens is 1. The quantitative estimate of drug-likeness (QED) is 0.886. The highest BCUT2D eigenvalue weighted by molar-refractivity contribution is 9.10. The number of aryl methyl sites for hydroxylation is 1. The molecule has 0 bridgehead atoms. The maximum Gasteiger partial charge on any atom is 0.0646 e. The Morgan fingerprint density at radius 2 is 2.18 bits per heavy atom. The van der Waals surface area contributed by atoms with Crippen LogP contribution in [-0.4, -0.2) is 18.2 Å². The average Bonchev–Trinajstić information content (AvgIpc) is 2.22. The lowest BCUT2D eigenvalue weighted by Crippen LogP contribution is -2.40. The molecule has 1 aliphatic rings. The molecule has 0 aromatic heterocycles. The maximum atomic E-state index is 5.73. The smallest absolute Gasteiger partial charge is 0.0646 e. The van der Waals surface area contributed by atoms with Gasteiger partial charge >= 0.3 is 0 Å². The summed E-state index contributed by atoms with van der Waals surface area (Å²) in [6.07, 6.45) is 2.14. The lowest BCUT2D eigenvalue weighted by atomic mass is 9.94. The van der Waals surface area contributed by atoms with Crippen LogP contribution in [0.25, 0.3) is 0 Å². The predicted octanol–water partition coefficient (Wildman–Crippen LogP) is 4.13. The fourth-order valence-electron chi connectivity index (χ4n) is 2.33.